The molecular formula is C14H17BrN2OS. The van der Waals surface area contributed by atoms with Crippen LogP contribution in [0.3, 0.4) is 0 Å². The van der Waals surface area contributed by atoms with Crippen LogP contribution in [0.1, 0.15) is 16.1 Å². The number of hydrogen-bond acceptors (Lipinski definition) is 4. The Bertz CT molecular complexity index is 542. The zero-order chi connectivity index (χ0) is 13.7. The summed E-state index contributed by atoms with van der Waals surface area (Å²) < 4.78 is 6.78. The van der Waals surface area contributed by atoms with Gasteiger partial charge in [0.1, 0.15) is 5.75 Å². The van der Waals surface area contributed by atoms with Gasteiger partial charge >= 0.3 is 0 Å². The van der Waals surface area contributed by atoms with Gasteiger partial charge in [0, 0.05) is 11.3 Å². The van der Waals surface area contributed by atoms with Crippen LogP contribution in [0.25, 0.3) is 0 Å². The van der Waals surface area contributed by atoms with Crippen LogP contribution < -0.4 is 10.5 Å². The minimum absolute atomic E-state index is 0.664. The van der Waals surface area contributed by atoms with E-state index in [0.29, 0.717) is 13.2 Å². The lowest BCUT2D eigenvalue weighted by molar-refractivity contribution is 0.320. The van der Waals surface area contributed by atoms with Crippen molar-refractivity contribution in [2.24, 2.45) is 5.73 Å². The number of halogens is 1. The molecule has 0 aliphatic heterocycles. The molecule has 0 saturated heterocycles. The summed E-state index contributed by atoms with van der Waals surface area (Å²) in [5.74, 6) is 0.878. The van der Waals surface area contributed by atoms with Crippen LogP contribution in [0.4, 0.5) is 0 Å². The van der Waals surface area contributed by atoms with Crippen molar-refractivity contribution >= 4 is 27.3 Å². The highest BCUT2D eigenvalue weighted by molar-refractivity contribution is 9.10. The van der Waals surface area contributed by atoms with Gasteiger partial charge in [0.2, 0.25) is 0 Å². The Kier molecular flexibility index (Phi) is 5.36. The molecule has 102 valence electrons. The molecule has 0 saturated carbocycles. The molecule has 0 unspecified atom stereocenters. The molecule has 2 rings (SSSR count). The van der Waals surface area contributed by atoms with E-state index >= 15 is 0 Å². The smallest absolute Gasteiger partial charge is 0.133 e. The van der Waals surface area contributed by atoms with Crippen LogP contribution in [0.15, 0.2) is 28.2 Å². The number of nitrogens with two attached hydrogens (primary N) is 1. The minimum atomic E-state index is 0.664. The van der Waals surface area contributed by atoms with Gasteiger partial charge in [-0.15, -0.1) is 11.3 Å². The van der Waals surface area contributed by atoms with Crippen molar-refractivity contribution in [1.82, 2.24) is 4.98 Å². The fourth-order valence-corrected chi connectivity index (χ4v) is 3.11. The second kappa shape index (κ2) is 7.03. The van der Waals surface area contributed by atoms with Gasteiger partial charge in [0.25, 0.3) is 0 Å². The summed E-state index contributed by atoms with van der Waals surface area (Å²) in [6.45, 7) is 3.36. The third kappa shape index (κ3) is 4.03. The van der Waals surface area contributed by atoms with E-state index in [1.807, 2.05) is 18.5 Å². The molecule has 0 atom stereocenters. The zero-order valence-electron chi connectivity index (χ0n) is 10.9. The van der Waals surface area contributed by atoms with E-state index in [2.05, 4.69) is 33.0 Å². The first-order valence-corrected chi connectivity index (χ1v) is 7.88. The summed E-state index contributed by atoms with van der Waals surface area (Å²) in [7, 11) is 0. The maximum Gasteiger partial charge on any atom is 0.133 e. The lowest BCUT2D eigenvalue weighted by atomic mass is 10.1. The van der Waals surface area contributed by atoms with Crippen LogP contribution in [-0.2, 0) is 12.8 Å². The van der Waals surface area contributed by atoms with E-state index in [-0.39, 0.29) is 0 Å². The summed E-state index contributed by atoms with van der Waals surface area (Å²) in [5, 5.41) is 0. The Balaban J connectivity index is 1.91. The first kappa shape index (κ1) is 14.5. The van der Waals surface area contributed by atoms with E-state index in [1.165, 1.54) is 10.4 Å². The Hall–Kier alpha value is -0.910. The molecule has 19 heavy (non-hydrogen) atoms. The monoisotopic (exact) mass is 340 g/mol. The van der Waals surface area contributed by atoms with Crippen LogP contribution in [0, 0.1) is 6.92 Å². The Morgan fingerprint density at radius 2 is 2.21 bits per heavy atom. The molecule has 3 nitrogen and oxygen atoms in total. The topological polar surface area (TPSA) is 48.1 Å². The molecule has 0 aliphatic rings. The molecule has 5 heteroatoms. The van der Waals surface area contributed by atoms with Crippen LogP contribution in [0.2, 0.25) is 0 Å². The third-order valence-electron chi connectivity index (χ3n) is 2.86. The van der Waals surface area contributed by atoms with Gasteiger partial charge in [-0.1, -0.05) is 6.07 Å². The summed E-state index contributed by atoms with van der Waals surface area (Å²) >= 11 is 5.22. The molecule has 1 aromatic carbocycles. The molecule has 2 N–H and O–H groups in total. The summed E-state index contributed by atoms with van der Waals surface area (Å²) in [5.41, 5.74) is 9.75. The van der Waals surface area contributed by atoms with Crippen molar-refractivity contribution in [3.63, 3.8) is 0 Å². The lowest BCUT2D eigenvalue weighted by Crippen LogP contribution is -2.04. The highest BCUT2D eigenvalue weighted by Crippen LogP contribution is 2.26. The highest BCUT2D eigenvalue weighted by atomic mass is 79.9. The fourth-order valence-electron chi connectivity index (χ4n) is 1.80. The number of thiazole rings is 1. The molecule has 1 heterocycles. The van der Waals surface area contributed by atoms with Gasteiger partial charge in [0.05, 0.1) is 22.3 Å². The van der Waals surface area contributed by atoms with E-state index < -0.39 is 0 Å². The van der Waals surface area contributed by atoms with Gasteiger partial charge in [-0.2, -0.15) is 0 Å². The van der Waals surface area contributed by atoms with Crippen molar-refractivity contribution in [2.45, 2.75) is 19.8 Å². The van der Waals surface area contributed by atoms with E-state index in [4.69, 9.17) is 10.5 Å². The molecule has 0 amide bonds. The van der Waals surface area contributed by atoms with Crippen molar-refractivity contribution in [1.29, 1.82) is 0 Å². The lowest BCUT2D eigenvalue weighted by Gasteiger charge is -2.09. The maximum absolute atomic E-state index is 5.80. The van der Waals surface area contributed by atoms with Crippen molar-refractivity contribution < 1.29 is 4.74 Å². The Labute approximate surface area is 125 Å². The quantitative estimate of drug-likeness (QED) is 0.877. The van der Waals surface area contributed by atoms with Crippen LogP contribution in [0.5, 0.6) is 5.75 Å². The average Bonchev–Trinajstić information content (AvgIpc) is 2.78. The highest BCUT2D eigenvalue weighted by Gasteiger charge is 2.05. The van der Waals surface area contributed by atoms with Crippen molar-refractivity contribution in [2.75, 3.05) is 13.2 Å². The Morgan fingerprint density at radius 1 is 1.37 bits per heavy atom. The molecule has 0 bridgehead atoms. The standard InChI is InChI=1S/C14H17BrN2OS/c1-10-14(19-9-17-10)5-7-18-13-3-2-11(4-6-16)8-12(13)15/h2-3,8-9H,4-7,16H2,1H3. The molecule has 0 aliphatic carbocycles. The second-order valence-electron chi connectivity index (χ2n) is 4.26. The number of aryl methyl sites for hydroxylation is 1. The van der Waals surface area contributed by atoms with Crippen LogP contribution >= 0.6 is 27.3 Å². The minimum Gasteiger partial charge on any atom is -0.492 e. The van der Waals surface area contributed by atoms with E-state index in [0.717, 1.165) is 28.8 Å². The number of nitrogens with zero attached hydrogens (tertiary/aromatic N) is 1. The van der Waals surface area contributed by atoms with E-state index in [9.17, 15) is 0 Å². The van der Waals surface area contributed by atoms with Gasteiger partial charge in [-0.25, -0.2) is 4.98 Å². The van der Waals surface area contributed by atoms with Gasteiger partial charge < -0.3 is 10.5 Å². The first-order chi connectivity index (χ1) is 9.20. The first-order valence-electron chi connectivity index (χ1n) is 6.21. The Morgan fingerprint density at radius 3 is 2.84 bits per heavy atom. The van der Waals surface area contributed by atoms with Gasteiger partial charge in [0.15, 0.2) is 0 Å². The summed E-state index contributed by atoms with van der Waals surface area (Å²) in [6.07, 6.45) is 1.78. The molecular weight excluding hydrogens is 324 g/mol. The summed E-state index contributed by atoms with van der Waals surface area (Å²) in [6, 6.07) is 6.12. The SMILES string of the molecule is Cc1ncsc1CCOc1ccc(CCN)cc1Br. The third-order valence-corrected chi connectivity index (χ3v) is 4.48. The van der Waals surface area contributed by atoms with Crippen molar-refractivity contribution in [3.05, 3.63) is 44.3 Å². The van der Waals surface area contributed by atoms with E-state index in [1.54, 1.807) is 11.3 Å². The van der Waals surface area contributed by atoms with Crippen LogP contribution in [-0.4, -0.2) is 18.1 Å². The predicted molar refractivity (Wildman–Crippen MR) is 83.0 cm³/mol. The molecule has 2 aromatic rings. The van der Waals surface area contributed by atoms with Gasteiger partial charge in [-0.05, 0) is 53.5 Å². The average molecular weight is 341 g/mol. The molecule has 0 spiro atoms. The summed E-state index contributed by atoms with van der Waals surface area (Å²) in [4.78, 5) is 5.52. The number of benzene rings is 1. The normalized spacial score (nSPS) is 10.7. The molecule has 0 fully saturated rings. The fraction of sp³-hybridized carbons (Fsp3) is 0.357. The number of aromatic nitrogens is 1. The molecule has 1 aromatic heterocycles. The number of ether oxygens (including phenoxy) is 1. The van der Waals surface area contributed by atoms with Crippen molar-refractivity contribution in [3.8, 4) is 5.75 Å². The number of rotatable bonds is 6. The maximum atomic E-state index is 5.80. The predicted octanol–water partition coefficient (Wildman–Crippen LogP) is 3.34. The molecule has 0 radical (unpaired) electrons. The largest absolute Gasteiger partial charge is 0.492 e. The zero-order valence-corrected chi connectivity index (χ0v) is 13.3. The number of hydrogen-bond donors (Lipinski definition) is 1. The van der Waals surface area contributed by atoms with Gasteiger partial charge in [-0.3, -0.25) is 0 Å². The second-order valence-corrected chi connectivity index (χ2v) is 6.06.